The maximum atomic E-state index is 13.2. The molecule has 4 N–H and O–H groups in total. The maximum Gasteiger partial charge on any atom is 0.159 e. The van der Waals surface area contributed by atoms with Crippen molar-refractivity contribution in [1.82, 2.24) is 9.97 Å². The van der Waals surface area contributed by atoms with E-state index in [0.717, 1.165) is 11.3 Å². The zero-order valence-corrected chi connectivity index (χ0v) is 13.6. The Morgan fingerprint density at radius 2 is 1.75 bits per heavy atom. The van der Waals surface area contributed by atoms with Crippen molar-refractivity contribution < 1.29 is 4.39 Å². The summed E-state index contributed by atoms with van der Waals surface area (Å²) in [5.74, 6) is 0.401. The van der Waals surface area contributed by atoms with E-state index in [9.17, 15) is 4.39 Å². The molecule has 0 aliphatic carbocycles. The molecule has 0 bridgehead atoms. The molecular weight excluding hydrogens is 329 g/mol. The maximum absolute atomic E-state index is 13.2. The molecule has 0 amide bonds. The van der Waals surface area contributed by atoms with Crippen molar-refractivity contribution in [2.75, 3.05) is 16.4 Å². The van der Waals surface area contributed by atoms with Crippen LogP contribution in [-0.2, 0) is 0 Å². The monoisotopic (exact) mass is 343 g/mol. The summed E-state index contributed by atoms with van der Waals surface area (Å²) < 4.78 is 13.2. The third-order valence-electron chi connectivity index (χ3n) is 3.46. The van der Waals surface area contributed by atoms with Crippen LogP contribution in [0.1, 0.15) is 5.56 Å². The fraction of sp³-hybridized carbons (Fsp3) is 0.0588. The lowest BCUT2D eigenvalue weighted by molar-refractivity contribution is 0.628. The summed E-state index contributed by atoms with van der Waals surface area (Å²) in [6.07, 6.45) is 1.39. The first-order valence-electron chi connectivity index (χ1n) is 7.20. The molecule has 0 fully saturated rings. The van der Waals surface area contributed by atoms with Crippen LogP contribution in [0, 0.1) is 12.7 Å². The number of rotatable bonds is 4. The highest BCUT2D eigenvalue weighted by atomic mass is 35.5. The Morgan fingerprint density at radius 1 is 1.04 bits per heavy atom. The predicted molar refractivity (Wildman–Crippen MR) is 95.6 cm³/mol. The molecule has 5 nitrogen and oxygen atoms in total. The molecule has 0 radical (unpaired) electrons. The third-order valence-corrected chi connectivity index (χ3v) is 3.75. The fourth-order valence-corrected chi connectivity index (χ4v) is 2.33. The number of para-hydroxylation sites is 1. The van der Waals surface area contributed by atoms with Gasteiger partial charge in [-0.2, -0.15) is 0 Å². The molecule has 0 unspecified atom stereocenters. The molecule has 3 rings (SSSR count). The van der Waals surface area contributed by atoms with Crippen LogP contribution in [0.15, 0.2) is 48.8 Å². The number of hydrogen-bond acceptors (Lipinski definition) is 5. The van der Waals surface area contributed by atoms with Gasteiger partial charge in [0.1, 0.15) is 17.8 Å². The number of halogens is 2. The number of nitrogens with two attached hydrogens (primary N) is 1. The van der Waals surface area contributed by atoms with Crippen molar-refractivity contribution in [3.05, 3.63) is 65.2 Å². The average molecular weight is 344 g/mol. The van der Waals surface area contributed by atoms with E-state index < -0.39 is 5.82 Å². The van der Waals surface area contributed by atoms with Crippen LogP contribution in [0.2, 0.25) is 5.02 Å². The van der Waals surface area contributed by atoms with Crippen molar-refractivity contribution in [3.8, 4) is 0 Å². The molecule has 1 aromatic heterocycles. The third kappa shape index (κ3) is 3.38. The van der Waals surface area contributed by atoms with Gasteiger partial charge in [-0.1, -0.05) is 29.8 Å². The number of nitrogens with zero attached hydrogens (tertiary/aromatic N) is 2. The lowest BCUT2D eigenvalue weighted by Crippen LogP contribution is -2.05. The Hall–Kier alpha value is -2.86. The summed E-state index contributed by atoms with van der Waals surface area (Å²) in [6, 6.07) is 12.1. The minimum atomic E-state index is -0.486. The first-order valence-corrected chi connectivity index (χ1v) is 7.57. The van der Waals surface area contributed by atoms with Crippen LogP contribution in [0.25, 0.3) is 0 Å². The molecule has 122 valence electrons. The molecule has 0 atom stereocenters. The zero-order valence-electron chi connectivity index (χ0n) is 12.8. The molecule has 24 heavy (non-hydrogen) atoms. The van der Waals surface area contributed by atoms with E-state index in [2.05, 4.69) is 20.6 Å². The topological polar surface area (TPSA) is 75.9 Å². The molecule has 0 aliphatic rings. The van der Waals surface area contributed by atoms with Crippen LogP contribution in [0.5, 0.6) is 0 Å². The summed E-state index contributed by atoms with van der Waals surface area (Å²) in [5, 5.41) is 6.22. The van der Waals surface area contributed by atoms with Crippen molar-refractivity contribution >= 4 is 40.3 Å². The molecule has 0 spiro atoms. The normalized spacial score (nSPS) is 10.5. The van der Waals surface area contributed by atoms with Crippen LogP contribution < -0.4 is 16.4 Å². The summed E-state index contributed by atoms with van der Waals surface area (Å²) >= 11 is 5.78. The van der Waals surface area contributed by atoms with Gasteiger partial charge in [0.15, 0.2) is 11.6 Å². The van der Waals surface area contributed by atoms with Crippen molar-refractivity contribution in [2.24, 2.45) is 0 Å². The molecule has 7 heteroatoms. The number of aromatic nitrogens is 2. The van der Waals surface area contributed by atoms with E-state index in [4.69, 9.17) is 17.3 Å². The Morgan fingerprint density at radius 3 is 2.46 bits per heavy atom. The van der Waals surface area contributed by atoms with Gasteiger partial charge >= 0.3 is 0 Å². The number of aryl methyl sites for hydroxylation is 1. The Kier molecular flexibility index (Phi) is 4.48. The van der Waals surface area contributed by atoms with Gasteiger partial charge in [-0.05, 0) is 36.8 Å². The Balaban J connectivity index is 1.88. The molecule has 3 aromatic rings. The van der Waals surface area contributed by atoms with E-state index in [0.29, 0.717) is 23.0 Å². The lowest BCUT2D eigenvalue weighted by atomic mass is 10.2. The summed E-state index contributed by atoms with van der Waals surface area (Å²) in [4.78, 5) is 8.30. The standard InChI is InChI=1S/C17H15ClFN5/c1-10-4-2-3-5-14(10)24-17-15(20)16(21-9-22-17)23-11-6-7-13(19)12(18)8-11/h2-9H,20H2,1H3,(H2,21,22,23,24). The lowest BCUT2D eigenvalue weighted by Gasteiger charge is -2.14. The first-order chi connectivity index (χ1) is 11.5. The van der Waals surface area contributed by atoms with Gasteiger partial charge < -0.3 is 16.4 Å². The predicted octanol–water partition coefficient (Wildman–Crippen LogP) is 4.65. The zero-order chi connectivity index (χ0) is 17.1. The van der Waals surface area contributed by atoms with Crippen LogP contribution in [0.3, 0.4) is 0 Å². The molecular formula is C17H15ClFN5. The van der Waals surface area contributed by atoms with Crippen LogP contribution in [-0.4, -0.2) is 9.97 Å². The number of anilines is 5. The van der Waals surface area contributed by atoms with Crippen LogP contribution in [0.4, 0.5) is 33.1 Å². The number of benzene rings is 2. The highest BCUT2D eigenvalue weighted by molar-refractivity contribution is 6.31. The molecule has 0 saturated heterocycles. The Bertz CT molecular complexity index is 885. The van der Waals surface area contributed by atoms with Gasteiger partial charge in [0.2, 0.25) is 0 Å². The van der Waals surface area contributed by atoms with E-state index in [1.165, 1.54) is 18.5 Å². The van der Waals surface area contributed by atoms with Gasteiger partial charge in [0.25, 0.3) is 0 Å². The van der Waals surface area contributed by atoms with Gasteiger partial charge in [0, 0.05) is 11.4 Å². The summed E-state index contributed by atoms with van der Waals surface area (Å²) in [5.41, 5.74) is 9.03. The molecule has 1 heterocycles. The highest BCUT2D eigenvalue weighted by Crippen LogP contribution is 2.30. The minimum Gasteiger partial charge on any atom is -0.393 e. The van der Waals surface area contributed by atoms with E-state index >= 15 is 0 Å². The van der Waals surface area contributed by atoms with Crippen molar-refractivity contribution in [3.63, 3.8) is 0 Å². The molecule has 0 aliphatic heterocycles. The first kappa shape index (κ1) is 16.0. The number of nitrogen functional groups attached to an aromatic ring is 1. The fourth-order valence-electron chi connectivity index (χ4n) is 2.15. The van der Waals surface area contributed by atoms with Crippen LogP contribution >= 0.6 is 11.6 Å². The van der Waals surface area contributed by atoms with E-state index in [1.54, 1.807) is 6.07 Å². The van der Waals surface area contributed by atoms with Gasteiger partial charge in [0.05, 0.1) is 5.02 Å². The highest BCUT2D eigenvalue weighted by Gasteiger charge is 2.10. The molecule has 2 aromatic carbocycles. The van der Waals surface area contributed by atoms with E-state index in [1.807, 2.05) is 31.2 Å². The SMILES string of the molecule is Cc1ccccc1Nc1ncnc(Nc2ccc(F)c(Cl)c2)c1N. The second-order valence-corrected chi connectivity index (χ2v) is 5.59. The largest absolute Gasteiger partial charge is 0.393 e. The molecule has 0 saturated carbocycles. The average Bonchev–Trinajstić information content (AvgIpc) is 2.57. The second-order valence-electron chi connectivity index (χ2n) is 5.18. The number of hydrogen-bond donors (Lipinski definition) is 3. The van der Waals surface area contributed by atoms with Gasteiger partial charge in [-0.25, -0.2) is 14.4 Å². The van der Waals surface area contributed by atoms with Crippen molar-refractivity contribution in [2.45, 2.75) is 6.92 Å². The Labute approximate surface area is 143 Å². The van der Waals surface area contributed by atoms with E-state index in [-0.39, 0.29) is 5.02 Å². The van der Waals surface area contributed by atoms with Gasteiger partial charge in [-0.3, -0.25) is 0 Å². The van der Waals surface area contributed by atoms with Gasteiger partial charge in [-0.15, -0.1) is 0 Å². The second kappa shape index (κ2) is 6.72. The smallest absolute Gasteiger partial charge is 0.159 e. The minimum absolute atomic E-state index is 0.0193. The van der Waals surface area contributed by atoms with Crippen molar-refractivity contribution in [1.29, 1.82) is 0 Å². The summed E-state index contributed by atoms with van der Waals surface area (Å²) in [7, 11) is 0. The number of nitrogens with one attached hydrogen (secondary N) is 2. The quantitative estimate of drug-likeness (QED) is 0.643. The summed E-state index contributed by atoms with van der Waals surface area (Å²) in [6.45, 7) is 1.99.